The second-order valence-corrected chi connectivity index (χ2v) is 4.17. The third kappa shape index (κ3) is 3.02. The van der Waals surface area contributed by atoms with Gasteiger partial charge in [-0.2, -0.15) is 0 Å². The predicted molar refractivity (Wildman–Crippen MR) is 69.5 cm³/mol. The van der Waals surface area contributed by atoms with Crippen molar-refractivity contribution in [3.63, 3.8) is 0 Å². The summed E-state index contributed by atoms with van der Waals surface area (Å²) in [4.78, 5) is 0. The lowest BCUT2D eigenvalue weighted by Crippen LogP contribution is -2.00. The minimum Gasteiger partial charge on any atom is -0.508 e. The molecule has 0 aliphatic rings. The van der Waals surface area contributed by atoms with Crippen LogP contribution in [-0.2, 0) is 6.61 Å². The van der Waals surface area contributed by atoms with Crippen molar-refractivity contribution in [1.29, 1.82) is 0 Å². The van der Waals surface area contributed by atoms with E-state index in [2.05, 4.69) is 0 Å². The van der Waals surface area contributed by atoms with Gasteiger partial charge in [0.05, 0.1) is 6.10 Å². The zero-order chi connectivity index (χ0) is 13.0. The first kappa shape index (κ1) is 12.5. The van der Waals surface area contributed by atoms with Gasteiger partial charge in [0, 0.05) is 5.56 Å². The minimum atomic E-state index is -0.564. The maximum Gasteiger partial charge on any atom is 0.125 e. The molecule has 0 aromatic heterocycles. The summed E-state index contributed by atoms with van der Waals surface area (Å²) in [6.45, 7) is 2.06. The topological polar surface area (TPSA) is 49.7 Å². The molecule has 0 amide bonds. The molecule has 0 fully saturated rings. The van der Waals surface area contributed by atoms with Gasteiger partial charge in [-0.1, -0.05) is 30.3 Å². The highest BCUT2D eigenvalue weighted by atomic mass is 16.5. The van der Waals surface area contributed by atoms with Gasteiger partial charge in [-0.05, 0) is 30.7 Å². The van der Waals surface area contributed by atoms with Crippen molar-refractivity contribution in [2.45, 2.75) is 19.6 Å². The van der Waals surface area contributed by atoms with Crippen molar-refractivity contribution in [3.05, 3.63) is 59.7 Å². The fraction of sp³-hybridized carbons (Fsp3) is 0.200. The number of rotatable bonds is 4. The van der Waals surface area contributed by atoms with Crippen molar-refractivity contribution in [2.75, 3.05) is 0 Å². The highest BCUT2D eigenvalue weighted by Crippen LogP contribution is 2.25. The Labute approximate surface area is 106 Å². The molecule has 18 heavy (non-hydrogen) atoms. The second-order valence-electron chi connectivity index (χ2n) is 4.17. The molecule has 0 radical (unpaired) electrons. The molecule has 0 unspecified atom stereocenters. The SMILES string of the molecule is C[C@@H](O)c1ccccc1OCc1cccc(O)c1. The Bertz CT molecular complexity index is 521. The van der Waals surface area contributed by atoms with E-state index in [4.69, 9.17) is 4.74 Å². The lowest BCUT2D eigenvalue weighted by atomic mass is 10.1. The molecule has 3 heteroatoms. The molecule has 0 saturated carbocycles. The second kappa shape index (κ2) is 5.56. The third-order valence-corrected chi connectivity index (χ3v) is 2.67. The Kier molecular flexibility index (Phi) is 3.85. The smallest absolute Gasteiger partial charge is 0.125 e. The van der Waals surface area contributed by atoms with Crippen LogP contribution in [-0.4, -0.2) is 10.2 Å². The number of hydrogen-bond acceptors (Lipinski definition) is 3. The average molecular weight is 244 g/mol. The van der Waals surface area contributed by atoms with Crippen LogP contribution in [0, 0.1) is 0 Å². The first-order valence-corrected chi connectivity index (χ1v) is 5.84. The molecule has 2 N–H and O–H groups in total. The van der Waals surface area contributed by atoms with E-state index < -0.39 is 6.10 Å². The number of phenols is 1. The first-order chi connectivity index (χ1) is 8.66. The van der Waals surface area contributed by atoms with Crippen LogP contribution in [0.3, 0.4) is 0 Å². The predicted octanol–water partition coefficient (Wildman–Crippen LogP) is 3.02. The number of aliphatic hydroxyl groups is 1. The van der Waals surface area contributed by atoms with Crippen LogP contribution in [0.2, 0.25) is 0 Å². The summed E-state index contributed by atoms with van der Waals surface area (Å²) < 4.78 is 5.67. The first-order valence-electron chi connectivity index (χ1n) is 5.84. The maximum atomic E-state index is 9.63. The highest BCUT2D eigenvalue weighted by Gasteiger charge is 2.08. The molecule has 0 aliphatic carbocycles. The quantitative estimate of drug-likeness (QED) is 0.869. The third-order valence-electron chi connectivity index (χ3n) is 2.67. The fourth-order valence-electron chi connectivity index (χ4n) is 1.76. The molecule has 1 atom stereocenters. The normalized spacial score (nSPS) is 12.1. The van der Waals surface area contributed by atoms with Gasteiger partial charge in [0.1, 0.15) is 18.1 Å². The number of aromatic hydroxyl groups is 1. The zero-order valence-electron chi connectivity index (χ0n) is 10.2. The monoisotopic (exact) mass is 244 g/mol. The molecule has 0 bridgehead atoms. The lowest BCUT2D eigenvalue weighted by molar-refractivity contribution is 0.190. The zero-order valence-corrected chi connectivity index (χ0v) is 10.2. The standard InChI is InChI=1S/C15H16O3/c1-11(16)14-7-2-3-8-15(14)18-10-12-5-4-6-13(17)9-12/h2-9,11,16-17H,10H2,1H3/t11-/m1/s1. The maximum absolute atomic E-state index is 9.63. The van der Waals surface area contributed by atoms with Crippen LogP contribution < -0.4 is 4.74 Å². The summed E-state index contributed by atoms with van der Waals surface area (Å²) >= 11 is 0. The molecule has 94 valence electrons. The number of ether oxygens (including phenoxy) is 1. The van der Waals surface area contributed by atoms with Crippen molar-refractivity contribution in [1.82, 2.24) is 0 Å². The van der Waals surface area contributed by atoms with Gasteiger partial charge in [-0.25, -0.2) is 0 Å². The molecular weight excluding hydrogens is 228 g/mol. The van der Waals surface area contributed by atoms with E-state index in [0.29, 0.717) is 12.4 Å². The van der Waals surface area contributed by atoms with Crippen LogP contribution in [0.4, 0.5) is 0 Å². The summed E-state index contributed by atoms with van der Waals surface area (Å²) in [6.07, 6.45) is -0.564. The van der Waals surface area contributed by atoms with E-state index >= 15 is 0 Å². The van der Waals surface area contributed by atoms with Crippen molar-refractivity contribution >= 4 is 0 Å². The van der Waals surface area contributed by atoms with Gasteiger partial charge < -0.3 is 14.9 Å². The van der Waals surface area contributed by atoms with E-state index in [-0.39, 0.29) is 5.75 Å². The Morgan fingerprint density at radius 2 is 1.89 bits per heavy atom. The molecule has 0 heterocycles. The van der Waals surface area contributed by atoms with Crippen molar-refractivity contribution in [3.8, 4) is 11.5 Å². The average Bonchev–Trinajstić information content (AvgIpc) is 2.37. The summed E-state index contributed by atoms with van der Waals surface area (Å²) in [5, 5.41) is 19.0. The number of benzene rings is 2. The Morgan fingerprint density at radius 3 is 2.61 bits per heavy atom. The van der Waals surface area contributed by atoms with Gasteiger partial charge in [-0.15, -0.1) is 0 Å². The van der Waals surface area contributed by atoms with E-state index in [0.717, 1.165) is 11.1 Å². The van der Waals surface area contributed by atoms with Crippen LogP contribution in [0.5, 0.6) is 11.5 Å². The van der Waals surface area contributed by atoms with E-state index in [1.165, 1.54) is 0 Å². The van der Waals surface area contributed by atoms with Crippen molar-refractivity contribution < 1.29 is 14.9 Å². The molecule has 0 saturated heterocycles. The van der Waals surface area contributed by atoms with Gasteiger partial charge in [-0.3, -0.25) is 0 Å². The summed E-state index contributed by atoms with van der Waals surface area (Å²) in [6, 6.07) is 14.3. The largest absolute Gasteiger partial charge is 0.508 e. The Hall–Kier alpha value is -2.00. The van der Waals surface area contributed by atoms with E-state index in [1.54, 1.807) is 25.1 Å². The van der Waals surface area contributed by atoms with Gasteiger partial charge in [0.15, 0.2) is 0 Å². The Balaban J connectivity index is 2.11. The van der Waals surface area contributed by atoms with Crippen molar-refractivity contribution in [2.24, 2.45) is 0 Å². The molecule has 2 aromatic rings. The summed E-state index contributed by atoms with van der Waals surface area (Å²) in [5.74, 6) is 0.885. The van der Waals surface area contributed by atoms with E-state index in [1.807, 2.05) is 30.3 Å². The van der Waals surface area contributed by atoms with Gasteiger partial charge in [0.2, 0.25) is 0 Å². The number of phenolic OH excluding ortho intramolecular Hbond substituents is 1. The van der Waals surface area contributed by atoms with Crippen LogP contribution >= 0.6 is 0 Å². The van der Waals surface area contributed by atoms with Gasteiger partial charge in [0.25, 0.3) is 0 Å². The van der Waals surface area contributed by atoms with Gasteiger partial charge >= 0.3 is 0 Å². The summed E-state index contributed by atoms with van der Waals surface area (Å²) in [5.41, 5.74) is 1.65. The van der Waals surface area contributed by atoms with Crippen LogP contribution in [0.1, 0.15) is 24.2 Å². The van der Waals surface area contributed by atoms with Crippen LogP contribution in [0.25, 0.3) is 0 Å². The number of para-hydroxylation sites is 1. The van der Waals surface area contributed by atoms with E-state index in [9.17, 15) is 10.2 Å². The minimum absolute atomic E-state index is 0.222. The molecular formula is C15H16O3. The molecule has 3 nitrogen and oxygen atoms in total. The molecule has 0 aliphatic heterocycles. The molecule has 2 rings (SSSR count). The fourth-order valence-corrected chi connectivity index (χ4v) is 1.76. The highest BCUT2D eigenvalue weighted by molar-refractivity contribution is 5.35. The molecule has 0 spiro atoms. The summed E-state index contributed by atoms with van der Waals surface area (Å²) in [7, 11) is 0. The molecule has 2 aromatic carbocycles. The number of aliphatic hydroxyl groups excluding tert-OH is 1. The Morgan fingerprint density at radius 1 is 1.11 bits per heavy atom. The lowest BCUT2D eigenvalue weighted by Gasteiger charge is -2.13. The van der Waals surface area contributed by atoms with Crippen LogP contribution in [0.15, 0.2) is 48.5 Å². The number of hydrogen-bond donors (Lipinski definition) is 2.